The molecular formula is C16H22BrNO2. The van der Waals surface area contributed by atoms with Gasteiger partial charge in [0.25, 0.3) is 0 Å². The maximum Gasteiger partial charge on any atom is 0.133 e. The van der Waals surface area contributed by atoms with Gasteiger partial charge in [-0.05, 0) is 46.5 Å². The van der Waals surface area contributed by atoms with E-state index in [4.69, 9.17) is 15.2 Å². The van der Waals surface area contributed by atoms with E-state index in [-0.39, 0.29) is 11.0 Å². The van der Waals surface area contributed by atoms with Gasteiger partial charge in [-0.3, -0.25) is 0 Å². The van der Waals surface area contributed by atoms with E-state index in [2.05, 4.69) is 35.0 Å². The molecule has 20 heavy (non-hydrogen) atoms. The quantitative estimate of drug-likeness (QED) is 0.911. The van der Waals surface area contributed by atoms with E-state index >= 15 is 0 Å². The second kappa shape index (κ2) is 5.32. The Hall–Kier alpha value is -0.580. The average Bonchev–Trinajstić information content (AvgIpc) is 2.83. The molecule has 0 aromatic heterocycles. The predicted octanol–water partition coefficient (Wildman–Crippen LogP) is 3.59. The topological polar surface area (TPSA) is 44.5 Å². The fraction of sp³-hybridized carbons (Fsp3) is 0.625. The molecular weight excluding hydrogens is 318 g/mol. The zero-order valence-corrected chi connectivity index (χ0v) is 13.5. The molecule has 0 amide bonds. The third-order valence-corrected chi connectivity index (χ3v) is 5.10. The average molecular weight is 340 g/mol. The first kappa shape index (κ1) is 14.4. The monoisotopic (exact) mass is 339 g/mol. The van der Waals surface area contributed by atoms with Crippen molar-refractivity contribution in [2.75, 3.05) is 19.8 Å². The lowest BCUT2D eigenvalue weighted by Crippen LogP contribution is -2.44. The first-order valence-electron chi connectivity index (χ1n) is 7.30. The van der Waals surface area contributed by atoms with E-state index in [0.717, 1.165) is 36.3 Å². The van der Waals surface area contributed by atoms with Crippen molar-refractivity contribution in [1.29, 1.82) is 0 Å². The summed E-state index contributed by atoms with van der Waals surface area (Å²) in [5.41, 5.74) is 7.73. The molecule has 2 aliphatic rings. The molecule has 3 nitrogen and oxygen atoms in total. The molecule has 1 aromatic carbocycles. The molecule has 3 rings (SSSR count). The van der Waals surface area contributed by atoms with Crippen molar-refractivity contribution in [3.05, 3.63) is 28.2 Å². The van der Waals surface area contributed by atoms with Gasteiger partial charge in [0.15, 0.2) is 0 Å². The molecule has 1 aliphatic heterocycles. The number of ether oxygens (including phenoxy) is 2. The predicted molar refractivity (Wildman–Crippen MR) is 82.9 cm³/mol. The largest absolute Gasteiger partial charge is 0.492 e. The van der Waals surface area contributed by atoms with E-state index in [1.165, 1.54) is 18.4 Å². The summed E-state index contributed by atoms with van der Waals surface area (Å²) in [6.45, 7) is 4.45. The zero-order chi connectivity index (χ0) is 14.2. The van der Waals surface area contributed by atoms with Crippen LogP contribution in [-0.4, -0.2) is 19.8 Å². The lowest BCUT2D eigenvalue weighted by Gasteiger charge is -2.37. The number of hydrogen-bond acceptors (Lipinski definition) is 3. The smallest absolute Gasteiger partial charge is 0.133 e. The first-order valence-corrected chi connectivity index (χ1v) is 8.10. The molecule has 4 heteroatoms. The normalized spacial score (nSPS) is 23.4. The standard InChI is InChI=1S/C16H22BrNO2/c1-15(9-19-10-15)11-20-14-5-4-12(8-13(14)17)16(18)6-2-3-7-16/h4-5,8H,2-3,6-7,9-11,18H2,1H3. The minimum atomic E-state index is -0.144. The third kappa shape index (κ3) is 2.74. The molecule has 1 saturated carbocycles. The van der Waals surface area contributed by atoms with Gasteiger partial charge in [-0.15, -0.1) is 0 Å². The van der Waals surface area contributed by atoms with Gasteiger partial charge in [0.05, 0.1) is 24.3 Å². The first-order chi connectivity index (χ1) is 9.51. The van der Waals surface area contributed by atoms with Crippen LogP contribution in [0.2, 0.25) is 0 Å². The second-order valence-corrected chi connectivity index (χ2v) is 7.45. The van der Waals surface area contributed by atoms with Gasteiger partial charge >= 0.3 is 0 Å². The van der Waals surface area contributed by atoms with Crippen LogP contribution in [0.3, 0.4) is 0 Å². The zero-order valence-electron chi connectivity index (χ0n) is 12.0. The number of benzene rings is 1. The Morgan fingerprint density at radius 3 is 2.55 bits per heavy atom. The van der Waals surface area contributed by atoms with Crippen LogP contribution < -0.4 is 10.5 Å². The number of hydrogen-bond donors (Lipinski definition) is 1. The minimum Gasteiger partial charge on any atom is -0.492 e. The molecule has 0 spiro atoms. The SMILES string of the molecule is CC1(COc2ccc(C3(N)CCCC3)cc2Br)COC1. The van der Waals surface area contributed by atoms with Crippen LogP contribution in [0.1, 0.15) is 38.2 Å². The Bertz CT molecular complexity index is 493. The van der Waals surface area contributed by atoms with Crippen LogP contribution in [0.5, 0.6) is 5.75 Å². The van der Waals surface area contributed by atoms with Crippen molar-refractivity contribution in [2.45, 2.75) is 38.1 Å². The lowest BCUT2D eigenvalue weighted by molar-refractivity contribution is -0.120. The Kier molecular flexibility index (Phi) is 3.82. The van der Waals surface area contributed by atoms with Crippen LogP contribution in [0.4, 0.5) is 0 Å². The van der Waals surface area contributed by atoms with Crippen molar-refractivity contribution >= 4 is 15.9 Å². The van der Waals surface area contributed by atoms with Gasteiger partial charge in [-0.25, -0.2) is 0 Å². The van der Waals surface area contributed by atoms with Crippen molar-refractivity contribution in [3.63, 3.8) is 0 Å². The maximum absolute atomic E-state index is 6.50. The summed E-state index contributed by atoms with van der Waals surface area (Å²) in [6.07, 6.45) is 4.61. The molecule has 1 aromatic rings. The molecule has 2 N–H and O–H groups in total. The fourth-order valence-electron chi connectivity index (χ4n) is 3.01. The van der Waals surface area contributed by atoms with E-state index < -0.39 is 0 Å². The van der Waals surface area contributed by atoms with E-state index in [1.807, 2.05) is 6.07 Å². The fourth-order valence-corrected chi connectivity index (χ4v) is 3.50. The van der Waals surface area contributed by atoms with Crippen LogP contribution in [-0.2, 0) is 10.3 Å². The molecule has 0 radical (unpaired) electrons. The number of halogens is 1. The van der Waals surface area contributed by atoms with Gasteiger partial charge in [0.1, 0.15) is 5.75 Å². The summed E-state index contributed by atoms with van der Waals surface area (Å²) in [4.78, 5) is 0. The third-order valence-electron chi connectivity index (χ3n) is 4.48. The summed E-state index contributed by atoms with van der Waals surface area (Å²) in [5.74, 6) is 0.892. The molecule has 1 saturated heterocycles. The molecule has 0 unspecified atom stereocenters. The van der Waals surface area contributed by atoms with Crippen molar-refractivity contribution in [1.82, 2.24) is 0 Å². The molecule has 1 heterocycles. The summed E-state index contributed by atoms with van der Waals surface area (Å²) in [5, 5.41) is 0. The molecule has 110 valence electrons. The number of rotatable bonds is 4. The van der Waals surface area contributed by atoms with Gasteiger partial charge in [0.2, 0.25) is 0 Å². The summed E-state index contributed by atoms with van der Waals surface area (Å²) >= 11 is 3.61. The van der Waals surface area contributed by atoms with Gasteiger partial charge in [-0.2, -0.15) is 0 Å². The minimum absolute atomic E-state index is 0.144. The van der Waals surface area contributed by atoms with Crippen molar-refractivity contribution in [3.8, 4) is 5.75 Å². The highest BCUT2D eigenvalue weighted by atomic mass is 79.9. The van der Waals surface area contributed by atoms with Crippen LogP contribution in [0, 0.1) is 5.41 Å². The molecule has 1 aliphatic carbocycles. The maximum atomic E-state index is 6.50. The highest BCUT2D eigenvalue weighted by Gasteiger charge is 2.35. The summed E-state index contributed by atoms with van der Waals surface area (Å²) < 4.78 is 12.2. The Morgan fingerprint density at radius 1 is 1.30 bits per heavy atom. The lowest BCUT2D eigenvalue weighted by atomic mass is 9.89. The Morgan fingerprint density at radius 2 is 2.00 bits per heavy atom. The molecule has 2 fully saturated rings. The van der Waals surface area contributed by atoms with Crippen LogP contribution >= 0.6 is 15.9 Å². The van der Waals surface area contributed by atoms with Crippen LogP contribution in [0.15, 0.2) is 22.7 Å². The van der Waals surface area contributed by atoms with Crippen molar-refractivity contribution < 1.29 is 9.47 Å². The van der Waals surface area contributed by atoms with Gasteiger partial charge in [0, 0.05) is 11.0 Å². The number of nitrogens with two attached hydrogens (primary N) is 1. The molecule has 0 bridgehead atoms. The second-order valence-electron chi connectivity index (χ2n) is 6.60. The van der Waals surface area contributed by atoms with E-state index in [0.29, 0.717) is 6.61 Å². The Labute approximate surface area is 129 Å². The van der Waals surface area contributed by atoms with Gasteiger partial charge in [-0.1, -0.05) is 25.8 Å². The van der Waals surface area contributed by atoms with Crippen LogP contribution in [0.25, 0.3) is 0 Å². The van der Waals surface area contributed by atoms with Crippen molar-refractivity contribution in [2.24, 2.45) is 11.1 Å². The van der Waals surface area contributed by atoms with E-state index in [1.54, 1.807) is 0 Å². The highest BCUT2D eigenvalue weighted by molar-refractivity contribution is 9.10. The van der Waals surface area contributed by atoms with E-state index in [9.17, 15) is 0 Å². The molecule has 0 atom stereocenters. The summed E-state index contributed by atoms with van der Waals surface area (Å²) in [6, 6.07) is 6.28. The highest BCUT2D eigenvalue weighted by Crippen LogP contribution is 2.39. The Balaban J connectivity index is 1.70. The van der Waals surface area contributed by atoms with Gasteiger partial charge < -0.3 is 15.2 Å². The summed E-state index contributed by atoms with van der Waals surface area (Å²) in [7, 11) is 0.